The molecule has 6 nitrogen and oxygen atoms in total. The van der Waals surface area contributed by atoms with Crippen molar-refractivity contribution in [1.82, 2.24) is 10.2 Å². The third-order valence-corrected chi connectivity index (χ3v) is 5.43. The van der Waals surface area contributed by atoms with Crippen LogP contribution in [-0.2, 0) is 4.79 Å². The second-order valence-electron chi connectivity index (χ2n) is 6.40. The number of carbonyl (C=O) groups is 2. The summed E-state index contributed by atoms with van der Waals surface area (Å²) in [6, 6.07) is 2.37. The van der Waals surface area contributed by atoms with Gasteiger partial charge in [0.05, 0.1) is 10.6 Å². The van der Waals surface area contributed by atoms with Gasteiger partial charge in [0.2, 0.25) is 0 Å². The second kappa shape index (κ2) is 6.02. The van der Waals surface area contributed by atoms with Crippen LogP contribution in [0.5, 0.6) is 11.5 Å². The van der Waals surface area contributed by atoms with Gasteiger partial charge in [0.25, 0.3) is 11.7 Å². The Morgan fingerprint density at radius 3 is 2.39 bits per heavy atom. The van der Waals surface area contributed by atoms with Crippen LogP contribution in [-0.4, -0.2) is 53.0 Å². The third kappa shape index (κ3) is 3.01. The molecule has 7 heteroatoms. The van der Waals surface area contributed by atoms with Crippen molar-refractivity contribution >= 4 is 23.3 Å². The Balaban J connectivity index is 1.66. The van der Waals surface area contributed by atoms with Gasteiger partial charge in [-0.3, -0.25) is 9.59 Å². The number of fused-ring (bicyclic) bond motifs is 3. The molecule has 1 aromatic rings. The topological polar surface area (TPSA) is 89.9 Å². The first-order valence-electron chi connectivity index (χ1n) is 7.67. The van der Waals surface area contributed by atoms with E-state index in [0.29, 0.717) is 6.54 Å². The maximum Gasteiger partial charge on any atom is 0.292 e. The Kier molecular flexibility index (Phi) is 4.21. The van der Waals surface area contributed by atoms with Gasteiger partial charge in [-0.15, -0.1) is 0 Å². The average Bonchev–Trinajstić information content (AvgIpc) is 2.59. The molecule has 0 aliphatic carbocycles. The third-order valence-electron chi connectivity index (χ3n) is 5.04. The molecule has 0 saturated carbocycles. The number of hydrogen-bond acceptors (Lipinski definition) is 5. The summed E-state index contributed by atoms with van der Waals surface area (Å²) in [6.45, 7) is 3.61. The molecule has 124 valence electrons. The number of amides is 1. The van der Waals surface area contributed by atoms with Gasteiger partial charge in [-0.1, -0.05) is 11.6 Å². The molecule has 3 aliphatic rings. The number of piperidine rings is 3. The minimum Gasteiger partial charge on any atom is -0.504 e. The maximum atomic E-state index is 12.2. The number of nitrogens with zero attached hydrogens (tertiary/aromatic N) is 1. The van der Waals surface area contributed by atoms with Crippen molar-refractivity contribution in [3.05, 3.63) is 22.7 Å². The van der Waals surface area contributed by atoms with Crippen LogP contribution in [0.1, 0.15) is 29.6 Å². The summed E-state index contributed by atoms with van der Waals surface area (Å²) in [6.07, 6.45) is 3.09. The first-order valence-corrected chi connectivity index (χ1v) is 8.05. The molecular weight excluding hydrogens is 320 g/mol. The predicted molar refractivity (Wildman–Crippen MR) is 84.8 cm³/mol. The van der Waals surface area contributed by atoms with Gasteiger partial charge in [-0.25, -0.2) is 0 Å². The maximum absolute atomic E-state index is 12.2. The Hall–Kier alpha value is -1.79. The smallest absolute Gasteiger partial charge is 0.292 e. The summed E-state index contributed by atoms with van der Waals surface area (Å²) in [7, 11) is 0. The molecule has 1 aromatic carbocycles. The van der Waals surface area contributed by atoms with Crippen molar-refractivity contribution < 1.29 is 19.8 Å². The Bertz CT molecular complexity index is 640. The summed E-state index contributed by atoms with van der Waals surface area (Å²) in [4.78, 5) is 26.7. The lowest BCUT2D eigenvalue weighted by Crippen LogP contribution is -2.53. The Morgan fingerprint density at radius 2 is 1.78 bits per heavy atom. The molecule has 0 unspecified atom stereocenters. The van der Waals surface area contributed by atoms with Crippen molar-refractivity contribution in [2.45, 2.75) is 19.3 Å². The quantitative estimate of drug-likeness (QED) is 0.440. The lowest BCUT2D eigenvalue weighted by atomic mass is 9.72. The van der Waals surface area contributed by atoms with E-state index >= 15 is 0 Å². The molecule has 3 N–H and O–H groups in total. The van der Waals surface area contributed by atoms with Crippen molar-refractivity contribution in [1.29, 1.82) is 0 Å². The number of benzene rings is 1. The van der Waals surface area contributed by atoms with Gasteiger partial charge in [0, 0.05) is 6.54 Å². The van der Waals surface area contributed by atoms with Gasteiger partial charge in [-0.05, 0) is 56.4 Å². The van der Waals surface area contributed by atoms with Crippen LogP contribution in [0.15, 0.2) is 12.1 Å². The zero-order valence-electron chi connectivity index (χ0n) is 12.6. The van der Waals surface area contributed by atoms with E-state index in [2.05, 4.69) is 10.2 Å². The zero-order valence-corrected chi connectivity index (χ0v) is 13.4. The number of hydrogen-bond donors (Lipinski definition) is 3. The molecular formula is C16H19ClN2O4. The number of Topliss-reactive ketones (excluding diaryl/α,β-unsaturated/α-hetero) is 1. The largest absolute Gasteiger partial charge is 0.504 e. The van der Waals surface area contributed by atoms with Gasteiger partial charge in [0.15, 0.2) is 11.5 Å². The molecule has 0 atom stereocenters. The molecule has 3 aliphatic heterocycles. The molecule has 1 amide bonds. The second-order valence-corrected chi connectivity index (χ2v) is 6.78. The number of nitrogens with one attached hydrogen (secondary N) is 1. The van der Waals surface area contributed by atoms with Crippen molar-refractivity contribution in [2.75, 3.05) is 26.2 Å². The van der Waals surface area contributed by atoms with E-state index in [-0.39, 0.29) is 16.0 Å². The Labute approximate surface area is 139 Å². The number of phenols is 2. The number of aromatic hydroxyl groups is 2. The molecule has 4 rings (SSSR count). The summed E-state index contributed by atoms with van der Waals surface area (Å²) in [5.41, 5.74) is -0.0265. The van der Waals surface area contributed by atoms with E-state index in [0.717, 1.165) is 45.0 Å². The summed E-state index contributed by atoms with van der Waals surface area (Å²) in [5.74, 6) is -2.57. The van der Waals surface area contributed by atoms with E-state index in [1.54, 1.807) is 0 Å². The highest BCUT2D eigenvalue weighted by atomic mass is 35.5. The zero-order chi connectivity index (χ0) is 16.6. The van der Waals surface area contributed by atoms with Crippen LogP contribution in [0.2, 0.25) is 5.02 Å². The van der Waals surface area contributed by atoms with Gasteiger partial charge in [-0.2, -0.15) is 0 Å². The van der Waals surface area contributed by atoms with E-state index < -0.39 is 23.2 Å². The molecule has 0 radical (unpaired) electrons. The normalized spacial score (nSPS) is 26.0. The van der Waals surface area contributed by atoms with Crippen LogP contribution in [0, 0.1) is 5.41 Å². The van der Waals surface area contributed by atoms with Crippen molar-refractivity contribution in [2.24, 2.45) is 5.41 Å². The lowest BCUT2D eigenvalue weighted by molar-refractivity contribution is -0.118. The molecule has 0 aromatic heterocycles. The minimum absolute atomic E-state index is 0.0889. The van der Waals surface area contributed by atoms with Crippen LogP contribution in [0.3, 0.4) is 0 Å². The highest BCUT2D eigenvalue weighted by Gasteiger charge is 2.39. The summed E-state index contributed by atoms with van der Waals surface area (Å²) < 4.78 is 0. The SMILES string of the molecule is O=C(NCC12CCN(CC1)CC2)C(=O)c1ccc(O)c(O)c1Cl. The number of halogens is 1. The number of phenolic OH excluding ortho intramolecular Hbond substituents is 2. The first kappa shape index (κ1) is 16.1. The lowest BCUT2D eigenvalue weighted by Gasteiger charge is -2.48. The summed E-state index contributed by atoms with van der Waals surface area (Å²) >= 11 is 5.83. The molecule has 0 spiro atoms. The monoisotopic (exact) mass is 338 g/mol. The van der Waals surface area contributed by atoms with Crippen LogP contribution < -0.4 is 5.32 Å². The highest BCUT2D eigenvalue weighted by molar-refractivity contribution is 6.47. The van der Waals surface area contributed by atoms with Crippen LogP contribution in [0.4, 0.5) is 0 Å². The van der Waals surface area contributed by atoms with Crippen LogP contribution in [0.25, 0.3) is 0 Å². The summed E-state index contributed by atoms with van der Waals surface area (Å²) in [5, 5.41) is 21.3. The average molecular weight is 339 g/mol. The molecule has 23 heavy (non-hydrogen) atoms. The molecule has 3 heterocycles. The van der Waals surface area contributed by atoms with E-state index in [9.17, 15) is 19.8 Å². The number of ketones is 1. The fraction of sp³-hybridized carbons (Fsp3) is 0.500. The van der Waals surface area contributed by atoms with E-state index in [4.69, 9.17) is 11.6 Å². The fourth-order valence-electron chi connectivity index (χ4n) is 3.36. The molecule has 3 saturated heterocycles. The number of carbonyl (C=O) groups excluding carboxylic acids is 2. The van der Waals surface area contributed by atoms with Gasteiger partial charge < -0.3 is 20.4 Å². The van der Waals surface area contributed by atoms with E-state index in [1.165, 1.54) is 6.07 Å². The highest BCUT2D eigenvalue weighted by Crippen LogP contribution is 2.39. The molecule has 2 bridgehead atoms. The van der Waals surface area contributed by atoms with Gasteiger partial charge >= 0.3 is 0 Å². The predicted octanol–water partition coefficient (Wildman–Crippen LogP) is 1.54. The van der Waals surface area contributed by atoms with Crippen molar-refractivity contribution in [3.63, 3.8) is 0 Å². The van der Waals surface area contributed by atoms with E-state index in [1.807, 2.05) is 0 Å². The minimum atomic E-state index is -0.810. The standard InChI is InChI=1S/C16H19ClN2O4/c17-12-10(1-2-11(20)14(12)22)13(21)15(23)18-9-16-3-6-19(7-4-16)8-5-16/h1-2,20,22H,3-9H2,(H,18,23). The first-order chi connectivity index (χ1) is 10.9. The Morgan fingerprint density at radius 1 is 1.17 bits per heavy atom. The van der Waals surface area contributed by atoms with Crippen LogP contribution >= 0.6 is 11.6 Å². The van der Waals surface area contributed by atoms with Gasteiger partial charge in [0.1, 0.15) is 0 Å². The molecule has 3 fully saturated rings. The fourth-order valence-corrected chi connectivity index (χ4v) is 3.61. The van der Waals surface area contributed by atoms with Crippen molar-refractivity contribution in [3.8, 4) is 11.5 Å². The number of rotatable bonds is 4.